The minimum absolute atomic E-state index is 0.543. The second-order valence-corrected chi connectivity index (χ2v) is 14.0. The van der Waals surface area contributed by atoms with Crippen LogP contribution < -0.4 is 0 Å². The van der Waals surface area contributed by atoms with E-state index in [4.69, 9.17) is 9.97 Å². The van der Waals surface area contributed by atoms with Crippen LogP contribution in [0.1, 0.15) is 22.3 Å². The summed E-state index contributed by atoms with van der Waals surface area (Å²) in [6, 6.07) is 64.0. The van der Waals surface area contributed by atoms with Crippen molar-refractivity contribution < 1.29 is 0 Å². The van der Waals surface area contributed by atoms with Crippen LogP contribution in [0.25, 0.3) is 82.9 Å². The summed E-state index contributed by atoms with van der Waals surface area (Å²) in [5.74, 6) is 1.60. The molecule has 2 aliphatic rings. The highest BCUT2D eigenvalue weighted by Crippen LogP contribution is 2.66. The fourth-order valence-corrected chi connectivity index (χ4v) is 9.69. The van der Waals surface area contributed by atoms with E-state index in [1.54, 1.807) is 0 Å². The van der Waals surface area contributed by atoms with Gasteiger partial charge in [-0.3, -0.25) is 4.57 Å². The first kappa shape index (κ1) is 27.9. The Hall–Kier alpha value is -6.84. The molecule has 0 unspecified atom stereocenters. The van der Waals surface area contributed by atoms with Gasteiger partial charge in [0.05, 0.1) is 22.0 Å². The zero-order valence-electron chi connectivity index (χ0n) is 28.1. The summed E-state index contributed by atoms with van der Waals surface area (Å²) in [7, 11) is 0. The quantitative estimate of drug-likeness (QED) is 0.185. The molecule has 0 saturated carbocycles. The molecule has 0 fully saturated rings. The molecule has 240 valence electrons. The molecule has 3 nitrogen and oxygen atoms in total. The Morgan fingerprint density at radius 3 is 1.69 bits per heavy atom. The molecule has 3 heteroatoms. The van der Waals surface area contributed by atoms with Crippen LogP contribution in [-0.2, 0) is 5.41 Å². The summed E-state index contributed by atoms with van der Waals surface area (Å²) in [5.41, 5.74) is 14.2. The monoisotopic (exact) mass is 659 g/mol. The van der Waals surface area contributed by atoms with E-state index in [-0.39, 0.29) is 0 Å². The molecule has 1 spiro atoms. The summed E-state index contributed by atoms with van der Waals surface area (Å²) >= 11 is 0. The molecule has 0 N–H and O–H groups in total. The Morgan fingerprint density at radius 1 is 0.423 bits per heavy atom. The van der Waals surface area contributed by atoms with E-state index in [9.17, 15) is 0 Å². The van der Waals surface area contributed by atoms with E-state index in [0.29, 0.717) is 5.82 Å². The molecule has 0 atom stereocenters. The summed E-state index contributed by atoms with van der Waals surface area (Å²) in [6.45, 7) is 0. The maximum Gasteiger partial charge on any atom is 0.162 e. The van der Waals surface area contributed by atoms with Crippen LogP contribution in [0.2, 0.25) is 0 Å². The van der Waals surface area contributed by atoms with Gasteiger partial charge in [0.2, 0.25) is 0 Å². The first-order valence-electron chi connectivity index (χ1n) is 17.9. The zero-order valence-corrected chi connectivity index (χ0v) is 28.1. The number of hydrogen-bond donors (Lipinski definition) is 0. The maximum absolute atomic E-state index is 5.52. The summed E-state index contributed by atoms with van der Waals surface area (Å²) in [4.78, 5) is 10.7. The Labute approximate surface area is 300 Å². The third-order valence-corrected chi connectivity index (χ3v) is 11.6. The average molecular weight is 660 g/mol. The lowest BCUT2D eigenvalue weighted by atomic mass is 9.70. The number of nitrogens with zero attached hydrogens (tertiary/aromatic N) is 3. The molecule has 0 aliphatic heterocycles. The molecule has 12 rings (SSSR count). The normalized spacial score (nSPS) is 13.5. The second-order valence-electron chi connectivity index (χ2n) is 14.0. The minimum Gasteiger partial charge on any atom is -0.293 e. The molecule has 2 heterocycles. The van der Waals surface area contributed by atoms with Gasteiger partial charge in [-0.2, -0.15) is 0 Å². The molecule has 52 heavy (non-hydrogen) atoms. The van der Waals surface area contributed by atoms with E-state index in [1.807, 2.05) is 6.07 Å². The molecule has 8 aromatic carbocycles. The van der Waals surface area contributed by atoms with Crippen molar-refractivity contribution in [2.75, 3.05) is 0 Å². The van der Waals surface area contributed by atoms with Crippen molar-refractivity contribution in [3.8, 4) is 39.5 Å². The zero-order chi connectivity index (χ0) is 34.0. The number of para-hydroxylation sites is 2. The molecule has 2 aliphatic carbocycles. The highest BCUT2D eigenvalue weighted by atomic mass is 15.1. The molecule has 0 bridgehead atoms. The van der Waals surface area contributed by atoms with Gasteiger partial charge in [0, 0.05) is 27.3 Å². The number of hydrogen-bond acceptors (Lipinski definition) is 2. The topological polar surface area (TPSA) is 30.7 Å². The Morgan fingerprint density at radius 2 is 0.962 bits per heavy atom. The van der Waals surface area contributed by atoms with E-state index < -0.39 is 5.41 Å². The van der Waals surface area contributed by atoms with Crippen molar-refractivity contribution in [3.63, 3.8) is 0 Å². The predicted octanol–water partition coefficient (Wildman–Crippen LogP) is 11.9. The van der Waals surface area contributed by atoms with Crippen LogP contribution in [0.15, 0.2) is 176 Å². The van der Waals surface area contributed by atoms with E-state index in [2.05, 4.69) is 174 Å². The first-order valence-corrected chi connectivity index (χ1v) is 17.9. The summed E-state index contributed by atoms with van der Waals surface area (Å²) < 4.78 is 2.48. The fourth-order valence-electron chi connectivity index (χ4n) is 9.69. The van der Waals surface area contributed by atoms with Gasteiger partial charge in [-0.15, -0.1) is 0 Å². The van der Waals surface area contributed by atoms with Crippen LogP contribution in [0.3, 0.4) is 0 Å². The van der Waals surface area contributed by atoms with Crippen molar-refractivity contribution >= 4 is 43.5 Å². The molecular formula is C49H29N3. The lowest BCUT2D eigenvalue weighted by molar-refractivity contribution is 0.797. The van der Waals surface area contributed by atoms with Crippen molar-refractivity contribution in [1.29, 1.82) is 0 Å². The van der Waals surface area contributed by atoms with Gasteiger partial charge in [-0.1, -0.05) is 158 Å². The highest BCUT2D eigenvalue weighted by Gasteiger charge is 2.53. The lowest BCUT2D eigenvalue weighted by Crippen LogP contribution is -2.26. The van der Waals surface area contributed by atoms with Crippen LogP contribution in [0.4, 0.5) is 0 Å². The van der Waals surface area contributed by atoms with E-state index >= 15 is 0 Å². The maximum atomic E-state index is 5.52. The van der Waals surface area contributed by atoms with Crippen molar-refractivity contribution in [1.82, 2.24) is 14.5 Å². The predicted molar refractivity (Wildman–Crippen MR) is 213 cm³/mol. The van der Waals surface area contributed by atoms with Crippen LogP contribution in [0.5, 0.6) is 0 Å². The third kappa shape index (κ3) is 3.36. The number of aromatic nitrogens is 3. The van der Waals surface area contributed by atoms with Gasteiger partial charge in [0.15, 0.2) is 5.82 Å². The van der Waals surface area contributed by atoms with Crippen molar-refractivity contribution in [3.05, 3.63) is 198 Å². The van der Waals surface area contributed by atoms with Gasteiger partial charge in [-0.05, 0) is 67.9 Å². The second kappa shape index (κ2) is 10.1. The summed E-state index contributed by atoms with van der Waals surface area (Å²) in [5, 5.41) is 6.01. The Kier molecular flexibility index (Phi) is 5.43. The van der Waals surface area contributed by atoms with E-state index in [1.165, 1.54) is 71.6 Å². The Bertz CT molecular complexity index is 3090. The smallest absolute Gasteiger partial charge is 0.162 e. The van der Waals surface area contributed by atoms with Gasteiger partial charge < -0.3 is 0 Å². The lowest BCUT2D eigenvalue weighted by Gasteiger charge is -2.31. The van der Waals surface area contributed by atoms with E-state index in [0.717, 1.165) is 27.8 Å². The van der Waals surface area contributed by atoms with Gasteiger partial charge in [0.1, 0.15) is 5.82 Å². The molecule has 0 radical (unpaired) electrons. The highest BCUT2D eigenvalue weighted by molar-refractivity contribution is 6.28. The minimum atomic E-state index is -0.543. The molecule has 2 aromatic heterocycles. The molecular weight excluding hydrogens is 631 g/mol. The van der Waals surface area contributed by atoms with Crippen LogP contribution in [0, 0.1) is 0 Å². The summed E-state index contributed by atoms with van der Waals surface area (Å²) in [6.07, 6.45) is 0. The number of benzene rings is 8. The van der Waals surface area contributed by atoms with Gasteiger partial charge in [-0.25, -0.2) is 9.97 Å². The third-order valence-electron chi connectivity index (χ3n) is 11.6. The van der Waals surface area contributed by atoms with Gasteiger partial charge >= 0.3 is 0 Å². The molecule has 0 amide bonds. The number of fused-ring (bicyclic) bond motifs is 18. The fraction of sp³-hybridized carbons (Fsp3) is 0.0204. The van der Waals surface area contributed by atoms with Gasteiger partial charge in [0.25, 0.3) is 0 Å². The SMILES string of the molecule is c1ccc(-c2nc(-n3c4ccccc4c4c5ccccc5c5c(c43)C3(c4ccccc4-c4ccccc43)c3ccccc3-5)c3ccccc3n2)cc1. The van der Waals surface area contributed by atoms with Crippen LogP contribution >= 0.6 is 0 Å². The number of rotatable bonds is 2. The molecule has 10 aromatic rings. The first-order chi connectivity index (χ1) is 25.8. The van der Waals surface area contributed by atoms with Crippen molar-refractivity contribution in [2.45, 2.75) is 5.41 Å². The molecule has 0 saturated heterocycles. The standard InChI is InChI=1S/C49H29N3/c1-2-16-30(17-3-1)47-50-41-28-14-9-23-36(41)48(51-47)52-42-29-15-10-24-37(42)44-34-21-5-4-20-33(34)43-35-22-8-13-27-40(35)49(45(43)46(44)52)38-25-11-6-18-31(38)32-19-7-12-26-39(32)49/h1-29H. The Balaban J connectivity index is 1.38. The average Bonchev–Trinajstić information content (AvgIpc) is 3.83. The largest absolute Gasteiger partial charge is 0.293 e. The van der Waals surface area contributed by atoms with Crippen molar-refractivity contribution in [2.24, 2.45) is 0 Å². The van der Waals surface area contributed by atoms with Crippen LogP contribution in [-0.4, -0.2) is 14.5 Å².